The van der Waals surface area contributed by atoms with Gasteiger partial charge in [0.15, 0.2) is 0 Å². The largest absolute Gasteiger partial charge is 0.387 e. The molecule has 1 aromatic heterocycles. The van der Waals surface area contributed by atoms with Crippen molar-refractivity contribution < 1.29 is 13.5 Å². The summed E-state index contributed by atoms with van der Waals surface area (Å²) in [7, 11) is -3.58. The Bertz CT molecular complexity index is 795. The third-order valence-electron chi connectivity index (χ3n) is 3.86. The Labute approximate surface area is 159 Å². The fourth-order valence-corrected chi connectivity index (χ4v) is 3.82. The Morgan fingerprint density at radius 3 is 2.46 bits per heavy atom. The van der Waals surface area contributed by atoms with Crippen LogP contribution in [0.1, 0.15) is 38.4 Å². The van der Waals surface area contributed by atoms with Crippen LogP contribution in [-0.4, -0.2) is 31.1 Å². The van der Waals surface area contributed by atoms with Gasteiger partial charge in [0, 0.05) is 23.8 Å². The Hall–Kier alpha value is -1.67. The molecule has 1 heterocycles. The van der Waals surface area contributed by atoms with Crippen molar-refractivity contribution in [2.45, 2.75) is 43.7 Å². The normalized spacial score (nSPS) is 14.0. The maximum Gasteiger partial charge on any atom is 0.242 e. The highest BCUT2D eigenvalue weighted by molar-refractivity contribution is 7.89. The first-order valence-corrected chi connectivity index (χ1v) is 10.3. The number of aliphatic hydroxyl groups is 1. The molecule has 0 bridgehead atoms. The minimum atomic E-state index is -3.58. The van der Waals surface area contributed by atoms with Gasteiger partial charge in [-0.15, -0.1) is 0 Å². The van der Waals surface area contributed by atoms with Crippen molar-refractivity contribution >= 4 is 27.4 Å². The van der Waals surface area contributed by atoms with Crippen LogP contribution in [0, 0.1) is 0 Å². The first kappa shape index (κ1) is 20.6. The second-order valence-corrected chi connectivity index (χ2v) is 8.29. The molecule has 0 aliphatic rings. The van der Waals surface area contributed by atoms with E-state index in [1.807, 2.05) is 13.8 Å². The van der Waals surface area contributed by atoms with Crippen molar-refractivity contribution in [3.63, 3.8) is 0 Å². The van der Waals surface area contributed by atoms with Crippen LogP contribution in [0.2, 0.25) is 5.02 Å². The van der Waals surface area contributed by atoms with Gasteiger partial charge in [-0.3, -0.25) is 0 Å². The summed E-state index contributed by atoms with van der Waals surface area (Å²) in [6, 6.07) is 9.87. The van der Waals surface area contributed by atoms with E-state index in [0.717, 1.165) is 18.4 Å². The molecule has 0 aliphatic heterocycles. The summed E-state index contributed by atoms with van der Waals surface area (Å²) in [5.41, 5.74) is 0.732. The molecule has 1 aromatic carbocycles. The first-order chi connectivity index (χ1) is 12.3. The molecule has 2 atom stereocenters. The van der Waals surface area contributed by atoms with Crippen LogP contribution < -0.4 is 10.0 Å². The van der Waals surface area contributed by atoms with Crippen molar-refractivity contribution in [3.05, 3.63) is 53.2 Å². The lowest BCUT2D eigenvalue weighted by molar-refractivity contribution is 0.191. The van der Waals surface area contributed by atoms with E-state index in [1.54, 1.807) is 30.3 Å². The van der Waals surface area contributed by atoms with E-state index in [2.05, 4.69) is 15.0 Å². The highest BCUT2D eigenvalue weighted by Gasteiger charge is 2.17. The van der Waals surface area contributed by atoms with E-state index in [1.165, 1.54) is 12.3 Å². The van der Waals surface area contributed by atoms with Crippen LogP contribution in [-0.2, 0) is 10.0 Å². The Morgan fingerprint density at radius 2 is 1.88 bits per heavy atom. The first-order valence-electron chi connectivity index (χ1n) is 8.47. The van der Waals surface area contributed by atoms with Gasteiger partial charge in [-0.05, 0) is 43.2 Å². The topological polar surface area (TPSA) is 91.3 Å². The van der Waals surface area contributed by atoms with Crippen molar-refractivity contribution in [1.82, 2.24) is 9.71 Å². The Balaban J connectivity index is 1.95. The molecule has 2 unspecified atom stereocenters. The van der Waals surface area contributed by atoms with Crippen LogP contribution in [0.3, 0.4) is 0 Å². The Kier molecular flexibility index (Phi) is 7.40. The zero-order chi connectivity index (χ0) is 19.2. The smallest absolute Gasteiger partial charge is 0.242 e. The standard InChI is InChI=1S/C18H24ClN3O3S/c1-3-4-13(2)22-26(24,25)16-9-10-18(20-11-16)21-12-17(23)14-5-7-15(19)8-6-14/h5-11,13,17,22-23H,3-4,12H2,1-2H3,(H,20,21). The van der Waals surface area contributed by atoms with E-state index in [-0.39, 0.29) is 17.5 Å². The van der Waals surface area contributed by atoms with Crippen LogP contribution in [0.15, 0.2) is 47.5 Å². The summed E-state index contributed by atoms with van der Waals surface area (Å²) in [6.45, 7) is 4.08. The summed E-state index contributed by atoms with van der Waals surface area (Å²) in [5.74, 6) is 0.485. The highest BCUT2D eigenvalue weighted by atomic mass is 35.5. The van der Waals surface area contributed by atoms with Crippen LogP contribution in [0.25, 0.3) is 0 Å². The molecular formula is C18H24ClN3O3S. The summed E-state index contributed by atoms with van der Waals surface area (Å²) in [6.07, 6.45) is 2.25. The van der Waals surface area contributed by atoms with E-state index in [4.69, 9.17) is 11.6 Å². The molecule has 0 saturated carbocycles. The number of aromatic nitrogens is 1. The van der Waals surface area contributed by atoms with E-state index in [0.29, 0.717) is 10.8 Å². The number of aliphatic hydroxyl groups excluding tert-OH is 1. The molecule has 2 rings (SSSR count). The fourth-order valence-electron chi connectivity index (χ4n) is 2.47. The molecule has 6 nitrogen and oxygen atoms in total. The Morgan fingerprint density at radius 1 is 1.19 bits per heavy atom. The minimum Gasteiger partial charge on any atom is -0.387 e. The molecule has 0 fully saturated rings. The summed E-state index contributed by atoms with van der Waals surface area (Å²) >= 11 is 5.83. The van der Waals surface area contributed by atoms with Gasteiger partial charge >= 0.3 is 0 Å². The minimum absolute atomic E-state index is 0.115. The van der Waals surface area contributed by atoms with Gasteiger partial charge in [-0.2, -0.15) is 0 Å². The van der Waals surface area contributed by atoms with Crippen LogP contribution >= 0.6 is 11.6 Å². The maximum atomic E-state index is 12.3. The van der Waals surface area contributed by atoms with Crippen molar-refractivity contribution in [2.24, 2.45) is 0 Å². The molecule has 2 aromatic rings. The highest BCUT2D eigenvalue weighted by Crippen LogP contribution is 2.17. The lowest BCUT2D eigenvalue weighted by Gasteiger charge is -2.14. The molecule has 0 saturated heterocycles. The van der Waals surface area contributed by atoms with Crippen LogP contribution in [0.5, 0.6) is 0 Å². The molecule has 142 valence electrons. The van der Waals surface area contributed by atoms with Crippen molar-refractivity contribution in [2.75, 3.05) is 11.9 Å². The number of hydrogen-bond donors (Lipinski definition) is 3. The molecule has 0 spiro atoms. The SMILES string of the molecule is CCCC(C)NS(=O)(=O)c1ccc(NCC(O)c2ccc(Cl)cc2)nc1. The van der Waals surface area contributed by atoms with Gasteiger partial charge in [-0.25, -0.2) is 18.1 Å². The quantitative estimate of drug-likeness (QED) is 0.603. The van der Waals surface area contributed by atoms with Gasteiger partial charge in [0.2, 0.25) is 10.0 Å². The van der Waals surface area contributed by atoms with Crippen molar-refractivity contribution in [3.8, 4) is 0 Å². The second-order valence-electron chi connectivity index (χ2n) is 6.14. The number of sulfonamides is 1. The second kappa shape index (κ2) is 9.32. The van der Waals surface area contributed by atoms with Gasteiger partial charge in [0.25, 0.3) is 0 Å². The van der Waals surface area contributed by atoms with Crippen LogP contribution in [0.4, 0.5) is 5.82 Å². The van der Waals surface area contributed by atoms with Gasteiger partial charge < -0.3 is 10.4 Å². The number of hydrogen-bond acceptors (Lipinski definition) is 5. The third kappa shape index (κ3) is 5.95. The average Bonchev–Trinajstić information content (AvgIpc) is 2.60. The van der Waals surface area contributed by atoms with E-state index in [9.17, 15) is 13.5 Å². The third-order valence-corrected chi connectivity index (χ3v) is 5.68. The van der Waals surface area contributed by atoms with Gasteiger partial charge in [-0.1, -0.05) is 37.1 Å². The van der Waals surface area contributed by atoms with Gasteiger partial charge in [0.1, 0.15) is 10.7 Å². The molecule has 8 heteroatoms. The lowest BCUT2D eigenvalue weighted by atomic mass is 10.1. The zero-order valence-corrected chi connectivity index (χ0v) is 16.4. The number of benzene rings is 1. The number of pyridine rings is 1. The summed E-state index contributed by atoms with van der Waals surface area (Å²) in [4.78, 5) is 4.23. The number of halogens is 1. The monoisotopic (exact) mass is 397 g/mol. The van der Waals surface area contributed by atoms with Gasteiger partial charge in [0.05, 0.1) is 6.10 Å². The molecular weight excluding hydrogens is 374 g/mol. The van der Waals surface area contributed by atoms with Crippen molar-refractivity contribution in [1.29, 1.82) is 0 Å². The average molecular weight is 398 g/mol. The molecule has 0 radical (unpaired) electrons. The zero-order valence-electron chi connectivity index (χ0n) is 14.8. The fraction of sp³-hybridized carbons (Fsp3) is 0.389. The number of nitrogens with zero attached hydrogens (tertiary/aromatic N) is 1. The molecule has 26 heavy (non-hydrogen) atoms. The predicted octanol–water partition coefficient (Wildman–Crippen LogP) is 3.35. The predicted molar refractivity (Wildman–Crippen MR) is 104 cm³/mol. The molecule has 0 amide bonds. The summed E-state index contributed by atoms with van der Waals surface area (Å²) in [5, 5.41) is 13.8. The maximum absolute atomic E-state index is 12.3. The lowest BCUT2D eigenvalue weighted by Crippen LogP contribution is -2.32. The molecule has 3 N–H and O–H groups in total. The number of rotatable bonds is 9. The van der Waals surface area contributed by atoms with E-state index < -0.39 is 16.1 Å². The number of anilines is 1. The molecule has 0 aliphatic carbocycles. The van der Waals surface area contributed by atoms with E-state index >= 15 is 0 Å². The number of nitrogens with one attached hydrogen (secondary N) is 2. The summed E-state index contributed by atoms with van der Waals surface area (Å²) < 4.78 is 27.2.